The average molecular weight is 278 g/mol. The van der Waals surface area contributed by atoms with Crippen LogP contribution >= 0.6 is 0 Å². The maximum Gasteiger partial charge on any atom is 0.240 e. The summed E-state index contributed by atoms with van der Waals surface area (Å²) in [6, 6.07) is 0.133. The Balaban J connectivity index is 1.53. The molecule has 4 nitrogen and oxygen atoms in total. The fourth-order valence-corrected chi connectivity index (χ4v) is 5.65. The number of nitrogens with one attached hydrogen (secondary N) is 1. The van der Waals surface area contributed by atoms with Gasteiger partial charge in [0, 0.05) is 6.04 Å². The molecular weight excluding hydrogens is 252 g/mol. The van der Waals surface area contributed by atoms with Gasteiger partial charge in [0.25, 0.3) is 0 Å². The van der Waals surface area contributed by atoms with E-state index in [1.165, 1.54) is 19.3 Å². The van der Waals surface area contributed by atoms with Crippen LogP contribution in [0.2, 0.25) is 0 Å². The Labute approximate surface area is 120 Å². The predicted octanol–water partition coefficient (Wildman–Crippen LogP) is 1.31. The molecule has 4 N–H and O–H groups in total. The first-order valence-electron chi connectivity index (χ1n) is 8.15. The molecule has 5 aliphatic carbocycles. The molecule has 5 fully saturated rings. The third-order valence-corrected chi connectivity index (χ3v) is 6.58. The normalized spacial score (nSPS) is 49.0. The van der Waals surface area contributed by atoms with Crippen molar-refractivity contribution in [2.24, 2.45) is 23.0 Å². The molecule has 0 aromatic carbocycles. The van der Waals surface area contributed by atoms with E-state index in [1.807, 2.05) is 0 Å². The summed E-state index contributed by atoms with van der Waals surface area (Å²) in [5.74, 6) is 1.34. The summed E-state index contributed by atoms with van der Waals surface area (Å²) in [7, 11) is 0. The molecule has 0 radical (unpaired) electrons. The first kappa shape index (κ1) is 13.1. The zero-order valence-corrected chi connectivity index (χ0v) is 12.3. The molecule has 5 aliphatic rings. The molecule has 1 amide bonds. The number of hydrogen-bond donors (Lipinski definition) is 3. The standard InChI is InChI=1S/C16H26N2O2/c1-10(18-13(19)16(17)2-3-16)14-5-11-4-12(6-14)8-15(20,7-11)9-14/h10-12,20H,2-9,17H2,1H3,(H,18,19). The van der Waals surface area contributed by atoms with E-state index in [9.17, 15) is 9.90 Å². The van der Waals surface area contributed by atoms with E-state index in [2.05, 4.69) is 12.2 Å². The Kier molecular flexibility index (Phi) is 2.47. The minimum Gasteiger partial charge on any atom is -0.390 e. The third kappa shape index (κ3) is 1.84. The lowest BCUT2D eigenvalue weighted by molar-refractivity contribution is -0.173. The van der Waals surface area contributed by atoms with E-state index < -0.39 is 11.1 Å². The minimum atomic E-state index is -0.590. The number of nitrogens with two attached hydrogens (primary N) is 1. The Morgan fingerprint density at radius 2 is 1.85 bits per heavy atom. The van der Waals surface area contributed by atoms with Gasteiger partial charge in [-0.15, -0.1) is 0 Å². The Morgan fingerprint density at radius 1 is 1.25 bits per heavy atom. The highest BCUT2D eigenvalue weighted by atomic mass is 16.3. The molecule has 0 aliphatic heterocycles. The van der Waals surface area contributed by atoms with Gasteiger partial charge in [0.1, 0.15) is 0 Å². The van der Waals surface area contributed by atoms with Crippen LogP contribution in [0.15, 0.2) is 0 Å². The van der Waals surface area contributed by atoms with Gasteiger partial charge in [-0.1, -0.05) is 0 Å². The second-order valence-electron chi connectivity index (χ2n) is 8.40. The monoisotopic (exact) mass is 278 g/mol. The first-order chi connectivity index (χ1) is 9.33. The SMILES string of the molecule is CC(NC(=O)C1(N)CC1)C12CC3CC(CC(O)(C3)C1)C2. The van der Waals surface area contributed by atoms with Crippen LogP contribution in [-0.4, -0.2) is 28.2 Å². The summed E-state index contributed by atoms with van der Waals surface area (Å²) >= 11 is 0. The fraction of sp³-hybridized carbons (Fsp3) is 0.938. The van der Waals surface area contributed by atoms with Crippen molar-refractivity contribution in [3.05, 3.63) is 0 Å². The summed E-state index contributed by atoms with van der Waals surface area (Å²) in [6.07, 6.45) is 8.08. The number of amides is 1. The van der Waals surface area contributed by atoms with Crippen molar-refractivity contribution in [2.45, 2.75) is 75.5 Å². The van der Waals surface area contributed by atoms with Crippen molar-refractivity contribution in [3.8, 4) is 0 Å². The highest BCUT2D eigenvalue weighted by Crippen LogP contribution is 2.62. The Bertz CT molecular complexity index is 443. The summed E-state index contributed by atoms with van der Waals surface area (Å²) in [5.41, 5.74) is 5.06. The van der Waals surface area contributed by atoms with Crippen LogP contribution < -0.4 is 11.1 Å². The van der Waals surface area contributed by atoms with Gasteiger partial charge in [-0.3, -0.25) is 4.79 Å². The van der Waals surface area contributed by atoms with E-state index in [4.69, 9.17) is 5.73 Å². The van der Waals surface area contributed by atoms with Crippen molar-refractivity contribution in [1.82, 2.24) is 5.32 Å². The number of aliphatic hydroxyl groups is 1. The number of carbonyl (C=O) groups is 1. The van der Waals surface area contributed by atoms with Crippen molar-refractivity contribution >= 4 is 5.91 Å². The molecule has 4 bridgehead atoms. The summed E-state index contributed by atoms with van der Waals surface area (Å²) in [4.78, 5) is 12.2. The molecule has 0 spiro atoms. The quantitative estimate of drug-likeness (QED) is 0.728. The van der Waals surface area contributed by atoms with Gasteiger partial charge in [0.15, 0.2) is 0 Å². The minimum absolute atomic E-state index is 0.0211. The number of hydrogen-bond acceptors (Lipinski definition) is 3. The lowest BCUT2D eigenvalue weighted by atomic mass is 9.46. The van der Waals surface area contributed by atoms with Gasteiger partial charge >= 0.3 is 0 Å². The van der Waals surface area contributed by atoms with E-state index in [1.54, 1.807) is 0 Å². The topological polar surface area (TPSA) is 75.4 Å². The average Bonchev–Trinajstić information content (AvgIpc) is 3.05. The molecule has 20 heavy (non-hydrogen) atoms. The van der Waals surface area contributed by atoms with E-state index in [0.717, 1.165) is 32.1 Å². The second kappa shape index (κ2) is 3.77. The van der Waals surface area contributed by atoms with Crippen LogP contribution in [0, 0.1) is 17.3 Å². The molecule has 0 aromatic heterocycles. The molecular formula is C16H26N2O2. The highest BCUT2D eigenvalue weighted by Gasteiger charge is 2.59. The fourth-order valence-electron chi connectivity index (χ4n) is 5.65. The predicted molar refractivity (Wildman–Crippen MR) is 75.8 cm³/mol. The zero-order chi connectivity index (χ0) is 14.2. The Hall–Kier alpha value is -0.610. The molecule has 0 heterocycles. The molecule has 112 valence electrons. The van der Waals surface area contributed by atoms with Gasteiger partial charge in [-0.25, -0.2) is 0 Å². The summed E-state index contributed by atoms with van der Waals surface area (Å²) in [5, 5.41) is 14.0. The van der Waals surface area contributed by atoms with Crippen LogP contribution in [-0.2, 0) is 4.79 Å². The molecule has 0 saturated heterocycles. The van der Waals surface area contributed by atoms with Gasteiger partial charge in [0.2, 0.25) is 5.91 Å². The smallest absolute Gasteiger partial charge is 0.240 e. The van der Waals surface area contributed by atoms with E-state index >= 15 is 0 Å². The first-order valence-corrected chi connectivity index (χ1v) is 8.15. The van der Waals surface area contributed by atoms with Gasteiger partial charge in [-0.2, -0.15) is 0 Å². The van der Waals surface area contributed by atoms with Gasteiger partial charge < -0.3 is 16.2 Å². The summed E-state index contributed by atoms with van der Waals surface area (Å²) < 4.78 is 0. The zero-order valence-electron chi connectivity index (χ0n) is 12.3. The number of rotatable bonds is 3. The molecule has 0 aromatic rings. The largest absolute Gasteiger partial charge is 0.390 e. The molecule has 5 saturated carbocycles. The van der Waals surface area contributed by atoms with Gasteiger partial charge in [0.05, 0.1) is 11.1 Å². The summed E-state index contributed by atoms with van der Waals surface area (Å²) in [6.45, 7) is 2.13. The van der Waals surface area contributed by atoms with Crippen molar-refractivity contribution < 1.29 is 9.90 Å². The molecule has 3 unspecified atom stereocenters. The highest BCUT2D eigenvalue weighted by molar-refractivity contribution is 5.89. The van der Waals surface area contributed by atoms with Crippen LogP contribution in [0.5, 0.6) is 0 Å². The lowest BCUT2D eigenvalue weighted by Crippen LogP contribution is -2.62. The lowest BCUT2D eigenvalue weighted by Gasteiger charge is -2.62. The van der Waals surface area contributed by atoms with E-state index in [0.29, 0.717) is 11.8 Å². The number of carbonyl (C=O) groups excluding carboxylic acids is 1. The molecule has 4 heteroatoms. The second-order valence-corrected chi connectivity index (χ2v) is 8.40. The molecule has 5 rings (SSSR count). The van der Waals surface area contributed by atoms with Crippen LogP contribution in [0.4, 0.5) is 0 Å². The van der Waals surface area contributed by atoms with Crippen molar-refractivity contribution in [3.63, 3.8) is 0 Å². The van der Waals surface area contributed by atoms with Crippen LogP contribution in [0.25, 0.3) is 0 Å². The third-order valence-electron chi connectivity index (χ3n) is 6.58. The van der Waals surface area contributed by atoms with Crippen molar-refractivity contribution in [2.75, 3.05) is 0 Å². The van der Waals surface area contributed by atoms with E-state index in [-0.39, 0.29) is 17.4 Å². The van der Waals surface area contributed by atoms with Gasteiger partial charge in [-0.05, 0) is 75.5 Å². The maximum atomic E-state index is 12.2. The van der Waals surface area contributed by atoms with Crippen LogP contribution in [0.1, 0.15) is 58.3 Å². The molecule has 3 atom stereocenters. The van der Waals surface area contributed by atoms with Crippen molar-refractivity contribution in [1.29, 1.82) is 0 Å². The maximum absolute atomic E-state index is 12.2. The van der Waals surface area contributed by atoms with Crippen LogP contribution in [0.3, 0.4) is 0 Å². The Morgan fingerprint density at radius 3 is 2.35 bits per heavy atom.